The van der Waals surface area contributed by atoms with Gasteiger partial charge >= 0.3 is 24.1 Å². The summed E-state index contributed by atoms with van der Waals surface area (Å²) in [6.07, 6.45) is 10.7. The van der Waals surface area contributed by atoms with E-state index in [9.17, 15) is 29.4 Å². The summed E-state index contributed by atoms with van der Waals surface area (Å²) >= 11 is 0. The molecule has 0 radical (unpaired) electrons. The monoisotopic (exact) mass is 838 g/mol. The summed E-state index contributed by atoms with van der Waals surface area (Å²) in [7, 11) is 0. The van der Waals surface area contributed by atoms with Gasteiger partial charge in [-0.15, -0.1) is 0 Å². The summed E-state index contributed by atoms with van der Waals surface area (Å²) in [5.74, 6) is -1.62. The summed E-state index contributed by atoms with van der Waals surface area (Å²) in [6.45, 7) is 2.06. The quantitative estimate of drug-likeness (QED) is 0.179. The summed E-state index contributed by atoms with van der Waals surface area (Å²) in [5.41, 5.74) is 9.52. The van der Waals surface area contributed by atoms with Crippen molar-refractivity contribution in [3.8, 4) is 22.3 Å². The van der Waals surface area contributed by atoms with E-state index in [1.165, 1.54) is 83.0 Å². The number of aliphatic carboxylic acids is 2. The number of hydrogen-bond acceptors (Lipinski definition) is 6. The lowest BCUT2D eigenvalue weighted by molar-refractivity contribution is -0.144. The van der Waals surface area contributed by atoms with Crippen LogP contribution >= 0.6 is 0 Å². The van der Waals surface area contributed by atoms with E-state index in [4.69, 9.17) is 9.47 Å². The van der Waals surface area contributed by atoms with Crippen molar-refractivity contribution >= 4 is 24.1 Å². The lowest BCUT2D eigenvalue weighted by Gasteiger charge is -2.29. The maximum absolute atomic E-state index is 12.9. The summed E-state index contributed by atoms with van der Waals surface area (Å²) in [4.78, 5) is 52.9. The topological polar surface area (TPSA) is 134 Å². The third kappa shape index (κ3) is 8.32. The van der Waals surface area contributed by atoms with Crippen LogP contribution in [0.1, 0.15) is 98.3 Å². The van der Waals surface area contributed by atoms with Gasteiger partial charge in [-0.2, -0.15) is 0 Å². The maximum Gasteiger partial charge on any atom is 0.409 e. The number of fused-ring (bicyclic) bond motifs is 6. The molecule has 2 heterocycles. The van der Waals surface area contributed by atoms with Crippen LogP contribution in [0, 0.1) is 35.5 Å². The molecule has 2 aliphatic heterocycles. The van der Waals surface area contributed by atoms with Gasteiger partial charge in [-0.1, -0.05) is 161 Å². The molecule has 4 aromatic rings. The van der Waals surface area contributed by atoms with Crippen molar-refractivity contribution in [2.45, 2.75) is 76.0 Å². The fourth-order valence-corrected chi connectivity index (χ4v) is 11.9. The van der Waals surface area contributed by atoms with Crippen molar-refractivity contribution in [3.05, 3.63) is 119 Å². The Bertz CT molecular complexity index is 2030. The normalized spacial score (nSPS) is 23.4. The highest BCUT2D eigenvalue weighted by atomic mass is 16.6. The Balaban J connectivity index is 0.000000158. The summed E-state index contributed by atoms with van der Waals surface area (Å²) in [6, 6.07) is 33.1. The molecule has 4 aromatic carbocycles. The Morgan fingerprint density at radius 3 is 1.06 bits per heavy atom. The molecule has 4 aliphatic carbocycles. The largest absolute Gasteiger partial charge is 0.481 e. The van der Waals surface area contributed by atoms with Gasteiger partial charge in [0, 0.05) is 38.0 Å². The number of hydrogen-bond donors (Lipinski definition) is 2. The standard InChI is InChI=1S/2C26H29NO4/c2*28-25(29)23-15-27(14-22(23)17-8-2-1-3-9-17)26(30)31-16-24-20-12-6-4-10-18(20)19-11-5-7-13-21(19)24/h2*4-7,10-13,17,22-24H,1-3,8-9,14-16H2,(H,28,29)/t2*22-,23+/m10/s1. The molecule has 2 saturated heterocycles. The number of rotatable bonds is 8. The number of carboxylic acids is 2. The van der Waals surface area contributed by atoms with Crippen molar-refractivity contribution in [1.82, 2.24) is 9.80 Å². The van der Waals surface area contributed by atoms with Crippen LogP contribution in [0.2, 0.25) is 0 Å². The molecule has 6 aliphatic rings. The summed E-state index contributed by atoms with van der Waals surface area (Å²) in [5, 5.41) is 19.5. The first-order chi connectivity index (χ1) is 30.3. The molecule has 2 N–H and O–H groups in total. The third-order valence-electron chi connectivity index (χ3n) is 15.1. The molecule has 10 rings (SSSR count). The van der Waals surface area contributed by atoms with Crippen molar-refractivity contribution in [1.29, 1.82) is 0 Å². The maximum atomic E-state index is 12.9. The molecule has 0 unspecified atom stereocenters. The minimum absolute atomic E-state index is 0.0170. The number of carboxylic acid groups (broad SMARTS) is 2. The van der Waals surface area contributed by atoms with E-state index in [1.54, 1.807) is 9.80 Å². The first kappa shape index (κ1) is 41.7. The van der Waals surface area contributed by atoms with Crippen molar-refractivity contribution in [3.63, 3.8) is 0 Å². The second-order valence-electron chi connectivity index (χ2n) is 18.4. The van der Waals surface area contributed by atoms with Gasteiger partial charge in [-0.25, -0.2) is 9.59 Å². The third-order valence-corrected chi connectivity index (χ3v) is 15.1. The lowest BCUT2D eigenvalue weighted by atomic mass is 9.75. The number of ether oxygens (including phenoxy) is 2. The Morgan fingerprint density at radius 1 is 0.452 bits per heavy atom. The molecule has 4 atom stereocenters. The molecule has 0 aromatic heterocycles. The van der Waals surface area contributed by atoms with Gasteiger partial charge in [0.1, 0.15) is 13.2 Å². The molecular formula is C52H58N2O8. The van der Waals surface area contributed by atoms with Gasteiger partial charge in [0.2, 0.25) is 0 Å². The van der Waals surface area contributed by atoms with E-state index >= 15 is 0 Å². The number of benzene rings is 4. The molecule has 10 heteroatoms. The van der Waals surface area contributed by atoms with E-state index in [0.717, 1.165) is 25.7 Å². The minimum atomic E-state index is -0.787. The highest BCUT2D eigenvalue weighted by molar-refractivity contribution is 5.81. The first-order valence-corrected chi connectivity index (χ1v) is 22.9. The van der Waals surface area contributed by atoms with E-state index < -0.39 is 23.8 Å². The smallest absolute Gasteiger partial charge is 0.409 e. The molecule has 62 heavy (non-hydrogen) atoms. The number of carbonyl (C=O) groups excluding carboxylic acids is 2. The molecule has 4 fully saturated rings. The van der Waals surface area contributed by atoms with Crippen molar-refractivity contribution in [2.24, 2.45) is 35.5 Å². The van der Waals surface area contributed by atoms with Gasteiger partial charge in [0.15, 0.2) is 0 Å². The molecule has 0 bridgehead atoms. The molecular weight excluding hydrogens is 781 g/mol. The molecule has 10 nitrogen and oxygen atoms in total. The highest BCUT2D eigenvalue weighted by Crippen LogP contribution is 2.47. The van der Waals surface area contributed by atoms with Gasteiger partial charge < -0.3 is 29.5 Å². The SMILES string of the molecule is O=C(O)[C@@H]1CN(C(=O)OCC2c3ccccc3-c3ccccc32)C[C@H]1C1CCCCC1.O=C(O)[C@H]1CN(C(=O)OCC2c3ccccc3-c3ccccc32)C[C@@H]1C1CCCCC1. The predicted molar refractivity (Wildman–Crippen MR) is 236 cm³/mol. The number of likely N-dealkylation sites (tertiary alicyclic amines) is 2. The van der Waals surface area contributed by atoms with E-state index in [-0.39, 0.29) is 62.2 Å². The van der Waals surface area contributed by atoms with Crippen LogP contribution in [0.4, 0.5) is 9.59 Å². The zero-order chi connectivity index (χ0) is 42.7. The van der Waals surface area contributed by atoms with E-state index in [1.807, 2.05) is 48.5 Å². The van der Waals surface area contributed by atoms with Gasteiger partial charge in [0.25, 0.3) is 0 Å². The average molecular weight is 839 g/mol. The molecule has 2 saturated carbocycles. The van der Waals surface area contributed by atoms with Crippen molar-refractivity contribution < 1.29 is 38.9 Å². The Labute approximate surface area is 364 Å². The molecule has 324 valence electrons. The zero-order valence-corrected chi connectivity index (χ0v) is 35.4. The van der Waals surface area contributed by atoms with Crippen LogP contribution in [-0.2, 0) is 19.1 Å². The molecule has 2 amide bonds. The Hall–Kier alpha value is -5.64. The lowest BCUT2D eigenvalue weighted by Crippen LogP contribution is -2.31. The van der Waals surface area contributed by atoms with Crippen molar-refractivity contribution in [2.75, 3.05) is 39.4 Å². The number of carbonyl (C=O) groups is 4. The van der Waals surface area contributed by atoms with Gasteiger partial charge in [-0.05, 0) is 68.2 Å². The van der Waals surface area contributed by atoms with Gasteiger partial charge in [0.05, 0.1) is 11.8 Å². The van der Waals surface area contributed by atoms with Crippen LogP contribution in [0.5, 0.6) is 0 Å². The predicted octanol–water partition coefficient (Wildman–Crippen LogP) is 10.3. The van der Waals surface area contributed by atoms with Crippen LogP contribution in [0.3, 0.4) is 0 Å². The number of amides is 2. The first-order valence-electron chi connectivity index (χ1n) is 22.9. The molecule has 0 spiro atoms. The van der Waals surface area contributed by atoms with Crippen LogP contribution < -0.4 is 0 Å². The second-order valence-corrected chi connectivity index (χ2v) is 18.4. The highest BCUT2D eigenvalue weighted by Gasteiger charge is 2.46. The van der Waals surface area contributed by atoms with E-state index in [2.05, 4.69) is 48.5 Å². The Morgan fingerprint density at radius 2 is 0.758 bits per heavy atom. The fraction of sp³-hybridized carbons (Fsp3) is 0.462. The van der Waals surface area contributed by atoms with Crippen LogP contribution in [0.15, 0.2) is 97.1 Å². The summed E-state index contributed by atoms with van der Waals surface area (Å²) < 4.78 is 11.6. The van der Waals surface area contributed by atoms with E-state index in [0.29, 0.717) is 24.9 Å². The zero-order valence-electron chi connectivity index (χ0n) is 35.4. The minimum Gasteiger partial charge on any atom is -0.481 e. The average Bonchev–Trinajstić information content (AvgIpc) is 4.10. The van der Waals surface area contributed by atoms with Crippen LogP contribution in [0.25, 0.3) is 22.3 Å². The van der Waals surface area contributed by atoms with Crippen LogP contribution in [-0.4, -0.2) is 83.5 Å². The Kier molecular flexibility index (Phi) is 12.4. The van der Waals surface area contributed by atoms with Gasteiger partial charge in [-0.3, -0.25) is 9.59 Å². The fourth-order valence-electron chi connectivity index (χ4n) is 11.9. The number of nitrogens with zero attached hydrogens (tertiary/aromatic N) is 2. The second kappa shape index (κ2) is 18.4.